The van der Waals surface area contributed by atoms with Gasteiger partial charge in [0.25, 0.3) is 0 Å². The van der Waals surface area contributed by atoms with Gasteiger partial charge in [-0.05, 0) is 20.8 Å². The highest BCUT2D eigenvalue weighted by Gasteiger charge is 1.97. The molecule has 0 rings (SSSR count). The van der Waals surface area contributed by atoms with Crippen LogP contribution in [0.3, 0.4) is 0 Å². The minimum absolute atomic E-state index is 0.222. The molecule has 1 atom stereocenters. The Kier molecular flexibility index (Phi) is 3.53. The summed E-state index contributed by atoms with van der Waals surface area (Å²) in [5, 5.41) is 0. The van der Waals surface area contributed by atoms with Gasteiger partial charge in [-0.15, -0.1) is 0 Å². The third-order valence-electron chi connectivity index (χ3n) is 1.11. The third kappa shape index (κ3) is 2.80. The zero-order chi connectivity index (χ0) is 6.57. The summed E-state index contributed by atoms with van der Waals surface area (Å²) in [5.74, 6) is 0. The fourth-order valence-corrected chi connectivity index (χ4v) is 0.392. The zero-order valence-electron chi connectivity index (χ0n) is 5.90. The van der Waals surface area contributed by atoms with Crippen LogP contribution in [0.4, 0.5) is 0 Å². The smallest absolute Gasteiger partial charge is 0.0751 e. The van der Waals surface area contributed by atoms with E-state index in [2.05, 4.69) is 6.58 Å². The first kappa shape index (κ1) is 7.70. The van der Waals surface area contributed by atoms with Gasteiger partial charge in [0.2, 0.25) is 0 Å². The maximum atomic E-state index is 5.20. The molecular weight excluding hydrogens is 100 g/mol. The van der Waals surface area contributed by atoms with E-state index in [1.165, 1.54) is 0 Å². The molecule has 0 amide bonds. The average molecular weight is 114 g/mol. The second-order valence-corrected chi connectivity index (χ2v) is 1.94. The van der Waals surface area contributed by atoms with Crippen LogP contribution in [0.25, 0.3) is 0 Å². The van der Waals surface area contributed by atoms with E-state index in [-0.39, 0.29) is 6.10 Å². The Hall–Kier alpha value is -0.300. The highest BCUT2D eigenvalue weighted by atomic mass is 16.5. The highest BCUT2D eigenvalue weighted by molar-refractivity contribution is 4.94. The van der Waals surface area contributed by atoms with E-state index >= 15 is 0 Å². The molecule has 0 aliphatic carbocycles. The van der Waals surface area contributed by atoms with E-state index in [9.17, 15) is 0 Å². The normalized spacial score (nSPS) is 13.4. The van der Waals surface area contributed by atoms with Crippen LogP contribution in [-0.4, -0.2) is 12.7 Å². The van der Waals surface area contributed by atoms with Crippen molar-refractivity contribution in [2.45, 2.75) is 26.9 Å². The van der Waals surface area contributed by atoms with Crippen LogP contribution >= 0.6 is 0 Å². The Balaban J connectivity index is 3.32. The minimum Gasteiger partial charge on any atom is -0.374 e. The standard InChI is InChI=1S/C7H14O/c1-5-8-7(4)6(2)3/h7H,2,5H2,1,3-4H3. The van der Waals surface area contributed by atoms with Gasteiger partial charge in [0.1, 0.15) is 0 Å². The first-order chi connectivity index (χ1) is 3.68. The first-order valence-corrected chi connectivity index (χ1v) is 2.95. The summed E-state index contributed by atoms with van der Waals surface area (Å²) in [6.07, 6.45) is 0.222. The molecule has 0 fully saturated rings. The van der Waals surface area contributed by atoms with Gasteiger partial charge in [-0.2, -0.15) is 0 Å². The second-order valence-electron chi connectivity index (χ2n) is 1.94. The first-order valence-electron chi connectivity index (χ1n) is 2.95. The topological polar surface area (TPSA) is 9.23 Å². The average Bonchev–Trinajstić information content (AvgIpc) is 1.67. The minimum atomic E-state index is 0.222. The Morgan fingerprint density at radius 1 is 1.75 bits per heavy atom. The van der Waals surface area contributed by atoms with Crippen molar-refractivity contribution in [3.8, 4) is 0 Å². The Bertz CT molecular complexity index is 76.5. The largest absolute Gasteiger partial charge is 0.374 e. The third-order valence-corrected chi connectivity index (χ3v) is 1.11. The summed E-state index contributed by atoms with van der Waals surface area (Å²) in [6, 6.07) is 0. The fourth-order valence-electron chi connectivity index (χ4n) is 0.392. The molecule has 0 bridgehead atoms. The van der Waals surface area contributed by atoms with Gasteiger partial charge in [0.15, 0.2) is 0 Å². The van der Waals surface area contributed by atoms with Gasteiger partial charge < -0.3 is 4.74 Å². The van der Waals surface area contributed by atoms with Crippen LogP contribution in [-0.2, 0) is 4.74 Å². The van der Waals surface area contributed by atoms with Crippen molar-refractivity contribution < 1.29 is 4.74 Å². The molecule has 48 valence electrons. The summed E-state index contributed by atoms with van der Waals surface area (Å²) in [6.45, 7) is 10.5. The van der Waals surface area contributed by atoms with Crippen molar-refractivity contribution in [1.82, 2.24) is 0 Å². The summed E-state index contributed by atoms with van der Waals surface area (Å²) in [4.78, 5) is 0. The van der Waals surface area contributed by atoms with Crippen LogP contribution < -0.4 is 0 Å². The Labute approximate surface area is 51.4 Å². The van der Waals surface area contributed by atoms with Crippen molar-refractivity contribution in [3.05, 3.63) is 12.2 Å². The van der Waals surface area contributed by atoms with Crippen molar-refractivity contribution in [2.24, 2.45) is 0 Å². The van der Waals surface area contributed by atoms with E-state index in [1.54, 1.807) is 0 Å². The summed E-state index contributed by atoms with van der Waals surface area (Å²) in [7, 11) is 0. The molecule has 0 aliphatic rings. The van der Waals surface area contributed by atoms with Crippen LogP contribution in [0, 0.1) is 0 Å². The van der Waals surface area contributed by atoms with Crippen LogP contribution in [0.15, 0.2) is 12.2 Å². The molecule has 0 spiro atoms. The molecule has 0 aromatic carbocycles. The van der Waals surface area contributed by atoms with Gasteiger partial charge in [0, 0.05) is 6.61 Å². The molecule has 1 unspecified atom stereocenters. The number of ether oxygens (including phenoxy) is 1. The summed E-state index contributed by atoms with van der Waals surface area (Å²) in [5.41, 5.74) is 1.09. The van der Waals surface area contributed by atoms with Gasteiger partial charge >= 0.3 is 0 Å². The van der Waals surface area contributed by atoms with Crippen LogP contribution in [0.2, 0.25) is 0 Å². The predicted molar refractivity (Wildman–Crippen MR) is 35.9 cm³/mol. The molecule has 1 heteroatoms. The molecule has 0 aromatic heterocycles. The highest BCUT2D eigenvalue weighted by Crippen LogP contribution is 2.00. The Morgan fingerprint density at radius 2 is 2.25 bits per heavy atom. The van der Waals surface area contributed by atoms with Gasteiger partial charge in [0.05, 0.1) is 6.10 Å². The number of hydrogen-bond acceptors (Lipinski definition) is 1. The van der Waals surface area contributed by atoms with Crippen LogP contribution in [0.5, 0.6) is 0 Å². The lowest BCUT2D eigenvalue weighted by atomic mass is 10.2. The maximum Gasteiger partial charge on any atom is 0.0751 e. The van der Waals surface area contributed by atoms with Crippen molar-refractivity contribution in [1.29, 1.82) is 0 Å². The zero-order valence-corrected chi connectivity index (χ0v) is 5.90. The molecule has 0 saturated heterocycles. The molecule has 0 saturated carbocycles. The van der Waals surface area contributed by atoms with Gasteiger partial charge in [-0.1, -0.05) is 12.2 Å². The van der Waals surface area contributed by atoms with Crippen molar-refractivity contribution >= 4 is 0 Å². The molecule has 0 radical (unpaired) electrons. The quantitative estimate of drug-likeness (QED) is 0.510. The predicted octanol–water partition coefficient (Wildman–Crippen LogP) is 1.99. The Morgan fingerprint density at radius 3 is 2.38 bits per heavy atom. The number of hydrogen-bond donors (Lipinski definition) is 0. The summed E-state index contributed by atoms with van der Waals surface area (Å²) < 4.78 is 5.20. The van der Waals surface area contributed by atoms with E-state index in [0.717, 1.165) is 12.2 Å². The molecule has 1 nitrogen and oxygen atoms in total. The van der Waals surface area contributed by atoms with Crippen molar-refractivity contribution in [3.63, 3.8) is 0 Å². The molecule has 8 heavy (non-hydrogen) atoms. The van der Waals surface area contributed by atoms with Crippen LogP contribution in [0.1, 0.15) is 20.8 Å². The van der Waals surface area contributed by atoms with Crippen molar-refractivity contribution in [2.75, 3.05) is 6.61 Å². The number of rotatable bonds is 3. The maximum absolute atomic E-state index is 5.20. The van der Waals surface area contributed by atoms with Gasteiger partial charge in [-0.3, -0.25) is 0 Å². The second kappa shape index (κ2) is 3.67. The van der Waals surface area contributed by atoms with E-state index in [0.29, 0.717) is 0 Å². The lowest BCUT2D eigenvalue weighted by Crippen LogP contribution is -2.07. The lowest BCUT2D eigenvalue weighted by molar-refractivity contribution is 0.102. The van der Waals surface area contributed by atoms with E-state index in [1.807, 2.05) is 20.8 Å². The van der Waals surface area contributed by atoms with E-state index in [4.69, 9.17) is 4.74 Å². The lowest BCUT2D eigenvalue weighted by Gasteiger charge is -2.09. The monoisotopic (exact) mass is 114 g/mol. The molecule has 0 aromatic rings. The van der Waals surface area contributed by atoms with Gasteiger partial charge in [-0.25, -0.2) is 0 Å². The summed E-state index contributed by atoms with van der Waals surface area (Å²) >= 11 is 0. The van der Waals surface area contributed by atoms with E-state index < -0.39 is 0 Å². The molecular formula is C7H14O. The SMILES string of the molecule is C=C(C)C(C)OCC. The molecule has 0 aliphatic heterocycles. The fraction of sp³-hybridized carbons (Fsp3) is 0.714. The molecule has 0 N–H and O–H groups in total. The molecule has 0 heterocycles.